The SMILES string of the molecule is COc1ccccc1Nc1cc(N(C)c2ccccc2)nc(C)n1. The Bertz CT molecular complexity index is 821. The van der Waals surface area contributed by atoms with E-state index in [4.69, 9.17) is 4.74 Å². The molecule has 0 saturated carbocycles. The maximum absolute atomic E-state index is 5.38. The Hall–Kier alpha value is -3.08. The van der Waals surface area contributed by atoms with Crippen molar-refractivity contribution in [2.75, 3.05) is 24.4 Å². The number of benzene rings is 2. The lowest BCUT2D eigenvalue weighted by Crippen LogP contribution is -2.12. The van der Waals surface area contributed by atoms with Gasteiger partial charge in [0.25, 0.3) is 0 Å². The van der Waals surface area contributed by atoms with Crippen LogP contribution in [0.1, 0.15) is 5.82 Å². The second-order valence-electron chi connectivity index (χ2n) is 5.38. The number of ether oxygens (including phenoxy) is 1. The van der Waals surface area contributed by atoms with Crippen molar-refractivity contribution in [3.8, 4) is 5.75 Å². The van der Waals surface area contributed by atoms with Crippen molar-refractivity contribution in [3.63, 3.8) is 0 Å². The summed E-state index contributed by atoms with van der Waals surface area (Å²) in [5, 5.41) is 3.31. The highest BCUT2D eigenvalue weighted by Gasteiger charge is 2.10. The molecule has 122 valence electrons. The summed E-state index contributed by atoms with van der Waals surface area (Å²) in [6.07, 6.45) is 0. The van der Waals surface area contributed by atoms with Crippen LogP contribution >= 0.6 is 0 Å². The molecule has 2 aromatic carbocycles. The first-order valence-corrected chi connectivity index (χ1v) is 7.72. The lowest BCUT2D eigenvalue weighted by molar-refractivity contribution is 0.417. The molecular formula is C19H20N4O. The third-order valence-corrected chi connectivity index (χ3v) is 3.68. The average Bonchev–Trinajstić information content (AvgIpc) is 2.62. The lowest BCUT2D eigenvalue weighted by Gasteiger charge is -2.19. The maximum atomic E-state index is 5.38. The Morgan fingerprint density at radius 1 is 0.958 bits per heavy atom. The summed E-state index contributed by atoms with van der Waals surface area (Å²) in [6, 6.07) is 19.8. The molecule has 5 nitrogen and oxygen atoms in total. The van der Waals surface area contributed by atoms with E-state index in [0.717, 1.165) is 28.8 Å². The zero-order valence-electron chi connectivity index (χ0n) is 14.0. The monoisotopic (exact) mass is 320 g/mol. The third-order valence-electron chi connectivity index (χ3n) is 3.68. The second-order valence-corrected chi connectivity index (χ2v) is 5.38. The van der Waals surface area contributed by atoms with Gasteiger partial charge in [0, 0.05) is 18.8 Å². The summed E-state index contributed by atoms with van der Waals surface area (Å²) in [5.41, 5.74) is 1.94. The first kappa shape index (κ1) is 15.8. The summed E-state index contributed by atoms with van der Waals surface area (Å²) in [7, 11) is 3.64. The van der Waals surface area contributed by atoms with Gasteiger partial charge in [-0.3, -0.25) is 0 Å². The van der Waals surface area contributed by atoms with Crippen molar-refractivity contribution in [3.05, 3.63) is 66.5 Å². The highest BCUT2D eigenvalue weighted by atomic mass is 16.5. The minimum atomic E-state index is 0.702. The predicted molar refractivity (Wildman–Crippen MR) is 97.6 cm³/mol. The van der Waals surface area contributed by atoms with Gasteiger partial charge < -0.3 is 15.0 Å². The lowest BCUT2D eigenvalue weighted by atomic mass is 10.3. The van der Waals surface area contributed by atoms with Gasteiger partial charge >= 0.3 is 0 Å². The van der Waals surface area contributed by atoms with Crippen molar-refractivity contribution in [1.82, 2.24) is 9.97 Å². The minimum absolute atomic E-state index is 0.702. The van der Waals surface area contributed by atoms with Crippen LogP contribution in [0.4, 0.5) is 23.0 Å². The Kier molecular flexibility index (Phi) is 4.61. The topological polar surface area (TPSA) is 50.3 Å². The fourth-order valence-electron chi connectivity index (χ4n) is 2.46. The first-order valence-electron chi connectivity index (χ1n) is 7.72. The van der Waals surface area contributed by atoms with Crippen molar-refractivity contribution < 1.29 is 4.74 Å². The van der Waals surface area contributed by atoms with E-state index in [0.29, 0.717) is 5.82 Å². The van der Waals surface area contributed by atoms with E-state index in [1.54, 1.807) is 7.11 Å². The van der Waals surface area contributed by atoms with Crippen LogP contribution in [0.2, 0.25) is 0 Å². The van der Waals surface area contributed by atoms with E-state index >= 15 is 0 Å². The Morgan fingerprint density at radius 2 is 1.67 bits per heavy atom. The number of rotatable bonds is 5. The van der Waals surface area contributed by atoms with Crippen LogP contribution in [0.25, 0.3) is 0 Å². The summed E-state index contributed by atoms with van der Waals surface area (Å²) in [6.45, 7) is 1.88. The normalized spacial score (nSPS) is 10.3. The van der Waals surface area contributed by atoms with Crippen LogP contribution < -0.4 is 15.0 Å². The van der Waals surface area contributed by atoms with Crippen LogP contribution in [0.15, 0.2) is 60.7 Å². The molecule has 0 spiro atoms. The molecule has 1 aromatic heterocycles. The fraction of sp³-hybridized carbons (Fsp3) is 0.158. The van der Waals surface area contributed by atoms with Crippen molar-refractivity contribution in [2.24, 2.45) is 0 Å². The van der Waals surface area contributed by atoms with E-state index in [-0.39, 0.29) is 0 Å². The Balaban J connectivity index is 1.92. The number of aromatic nitrogens is 2. The zero-order valence-corrected chi connectivity index (χ0v) is 14.0. The first-order chi connectivity index (χ1) is 11.7. The number of hydrogen-bond acceptors (Lipinski definition) is 5. The van der Waals surface area contributed by atoms with Gasteiger partial charge in [0.15, 0.2) is 0 Å². The number of para-hydroxylation sites is 3. The van der Waals surface area contributed by atoms with Gasteiger partial charge in [-0.1, -0.05) is 30.3 Å². The van der Waals surface area contributed by atoms with Gasteiger partial charge in [-0.25, -0.2) is 9.97 Å². The Morgan fingerprint density at radius 3 is 2.42 bits per heavy atom. The molecule has 0 aliphatic carbocycles. The molecule has 1 N–H and O–H groups in total. The third kappa shape index (κ3) is 3.46. The molecule has 24 heavy (non-hydrogen) atoms. The summed E-state index contributed by atoms with van der Waals surface area (Å²) >= 11 is 0. The molecule has 1 heterocycles. The van der Waals surface area contributed by atoms with Crippen LogP contribution in [0, 0.1) is 6.92 Å². The van der Waals surface area contributed by atoms with Gasteiger partial charge in [-0.2, -0.15) is 0 Å². The van der Waals surface area contributed by atoms with Gasteiger partial charge in [0.1, 0.15) is 23.2 Å². The molecule has 0 unspecified atom stereocenters. The van der Waals surface area contributed by atoms with E-state index in [9.17, 15) is 0 Å². The highest BCUT2D eigenvalue weighted by molar-refractivity contribution is 5.68. The molecule has 0 atom stereocenters. The zero-order chi connectivity index (χ0) is 16.9. The van der Waals surface area contributed by atoms with Gasteiger partial charge in [-0.15, -0.1) is 0 Å². The molecule has 0 bridgehead atoms. The van der Waals surface area contributed by atoms with Gasteiger partial charge in [0.05, 0.1) is 12.8 Å². The van der Waals surface area contributed by atoms with Gasteiger partial charge in [0.2, 0.25) is 0 Å². The highest BCUT2D eigenvalue weighted by Crippen LogP contribution is 2.28. The van der Waals surface area contributed by atoms with Crippen LogP contribution in [0.5, 0.6) is 5.75 Å². The summed E-state index contributed by atoms with van der Waals surface area (Å²) < 4.78 is 5.38. The Labute approximate surface area is 142 Å². The smallest absolute Gasteiger partial charge is 0.142 e. The number of nitrogens with zero attached hydrogens (tertiary/aromatic N) is 3. The standard InChI is InChI=1S/C19H20N4O/c1-14-20-18(22-16-11-7-8-12-17(16)24-3)13-19(21-14)23(2)15-9-5-4-6-10-15/h4-13H,1-3H3,(H,20,21,22). The number of hydrogen-bond donors (Lipinski definition) is 1. The van der Waals surface area contributed by atoms with E-state index in [2.05, 4.69) is 15.3 Å². The molecule has 0 aliphatic heterocycles. The van der Waals surface area contributed by atoms with Crippen LogP contribution in [-0.2, 0) is 0 Å². The second kappa shape index (κ2) is 7.00. The van der Waals surface area contributed by atoms with Crippen molar-refractivity contribution in [2.45, 2.75) is 6.92 Å². The molecule has 0 saturated heterocycles. The molecule has 5 heteroatoms. The largest absolute Gasteiger partial charge is 0.495 e. The predicted octanol–water partition coefficient (Wildman–Crippen LogP) is 4.31. The molecular weight excluding hydrogens is 300 g/mol. The number of anilines is 4. The fourth-order valence-corrected chi connectivity index (χ4v) is 2.46. The van der Waals surface area contributed by atoms with E-state index in [1.807, 2.05) is 79.5 Å². The summed E-state index contributed by atoms with van der Waals surface area (Å²) in [4.78, 5) is 11.0. The van der Waals surface area contributed by atoms with Gasteiger partial charge in [-0.05, 0) is 31.2 Å². The number of aryl methyl sites for hydroxylation is 1. The molecule has 0 fully saturated rings. The van der Waals surface area contributed by atoms with Crippen LogP contribution in [-0.4, -0.2) is 24.1 Å². The minimum Gasteiger partial charge on any atom is -0.495 e. The molecule has 0 aliphatic rings. The van der Waals surface area contributed by atoms with Crippen molar-refractivity contribution >= 4 is 23.0 Å². The van der Waals surface area contributed by atoms with Crippen molar-refractivity contribution in [1.29, 1.82) is 0 Å². The average molecular weight is 320 g/mol. The summed E-state index contributed by atoms with van der Waals surface area (Å²) in [5.74, 6) is 3.02. The molecule has 3 rings (SSSR count). The molecule has 3 aromatic rings. The quantitative estimate of drug-likeness (QED) is 0.759. The van der Waals surface area contributed by atoms with E-state index < -0.39 is 0 Å². The number of nitrogens with one attached hydrogen (secondary N) is 1. The van der Waals surface area contributed by atoms with Crippen LogP contribution in [0.3, 0.4) is 0 Å². The molecule has 0 radical (unpaired) electrons. The number of methoxy groups -OCH3 is 1. The molecule has 0 amide bonds. The maximum Gasteiger partial charge on any atom is 0.142 e. The van der Waals surface area contributed by atoms with E-state index in [1.165, 1.54) is 0 Å².